The van der Waals surface area contributed by atoms with Crippen molar-refractivity contribution in [3.8, 4) is 0 Å². The quantitative estimate of drug-likeness (QED) is 0.851. The molecule has 0 amide bonds. The van der Waals surface area contributed by atoms with Crippen molar-refractivity contribution in [2.24, 2.45) is 5.92 Å². The molecule has 1 N–H and O–H groups in total. The number of benzene rings is 1. The molecule has 1 aliphatic carbocycles. The molecule has 0 bridgehead atoms. The van der Waals surface area contributed by atoms with E-state index in [0.717, 1.165) is 36.2 Å². The summed E-state index contributed by atoms with van der Waals surface area (Å²) < 4.78 is 15.3. The van der Waals surface area contributed by atoms with Crippen molar-refractivity contribution < 1.29 is 4.39 Å². The molecule has 1 saturated heterocycles. The van der Waals surface area contributed by atoms with Gasteiger partial charge >= 0.3 is 0 Å². The van der Waals surface area contributed by atoms with E-state index in [1.165, 1.54) is 25.7 Å². The highest BCUT2D eigenvalue weighted by molar-refractivity contribution is 9.10. The molecular formula is C16H23BrClFN2. The summed E-state index contributed by atoms with van der Waals surface area (Å²) in [7, 11) is 0. The lowest BCUT2D eigenvalue weighted by atomic mass is 9.89. The smallest absolute Gasteiger partial charge is 0.129 e. The molecule has 21 heavy (non-hydrogen) atoms. The third kappa shape index (κ3) is 3.98. The molecule has 1 aromatic carbocycles. The Kier molecular flexibility index (Phi) is 6.48. The van der Waals surface area contributed by atoms with Gasteiger partial charge in [-0.2, -0.15) is 0 Å². The number of hydrogen-bond acceptors (Lipinski definition) is 2. The fraction of sp³-hybridized carbons (Fsp3) is 0.625. The molecule has 2 aliphatic rings. The van der Waals surface area contributed by atoms with Gasteiger partial charge in [-0.25, -0.2) is 4.39 Å². The lowest BCUT2D eigenvalue weighted by Crippen LogP contribution is -2.46. The third-order valence-corrected chi connectivity index (χ3v) is 5.17. The number of rotatable bonds is 3. The maximum Gasteiger partial charge on any atom is 0.129 e. The van der Waals surface area contributed by atoms with E-state index in [-0.39, 0.29) is 24.3 Å². The van der Waals surface area contributed by atoms with E-state index in [2.05, 4.69) is 26.1 Å². The van der Waals surface area contributed by atoms with Crippen molar-refractivity contribution in [2.45, 2.75) is 31.7 Å². The minimum absolute atomic E-state index is 0. The van der Waals surface area contributed by atoms with Crippen LogP contribution in [0.3, 0.4) is 0 Å². The summed E-state index contributed by atoms with van der Waals surface area (Å²) in [6.45, 7) is 4.08. The maximum absolute atomic E-state index is 14.4. The number of hydrogen-bond donors (Lipinski definition) is 1. The number of nitrogens with one attached hydrogen (secondary N) is 1. The lowest BCUT2D eigenvalue weighted by Gasteiger charge is -2.38. The molecule has 0 spiro atoms. The average molecular weight is 378 g/mol. The van der Waals surface area contributed by atoms with Crippen LogP contribution < -0.4 is 5.32 Å². The molecule has 2 fully saturated rings. The first-order valence-corrected chi connectivity index (χ1v) is 8.45. The van der Waals surface area contributed by atoms with Gasteiger partial charge in [-0.1, -0.05) is 34.8 Å². The van der Waals surface area contributed by atoms with Gasteiger partial charge in [0.25, 0.3) is 0 Å². The van der Waals surface area contributed by atoms with Gasteiger partial charge in [-0.15, -0.1) is 12.4 Å². The molecule has 1 saturated carbocycles. The summed E-state index contributed by atoms with van der Waals surface area (Å²) in [5.74, 6) is 0.554. The largest absolute Gasteiger partial charge is 0.314 e. The first-order valence-electron chi connectivity index (χ1n) is 7.65. The highest BCUT2D eigenvalue weighted by atomic mass is 79.9. The minimum Gasteiger partial charge on any atom is -0.314 e. The topological polar surface area (TPSA) is 15.3 Å². The van der Waals surface area contributed by atoms with Crippen molar-refractivity contribution in [2.75, 3.05) is 26.2 Å². The Hall–Kier alpha value is -0.160. The van der Waals surface area contributed by atoms with Crippen molar-refractivity contribution in [3.05, 3.63) is 34.1 Å². The lowest BCUT2D eigenvalue weighted by molar-refractivity contribution is 0.122. The molecule has 0 radical (unpaired) electrons. The second kappa shape index (κ2) is 7.91. The van der Waals surface area contributed by atoms with Crippen LogP contribution in [0.15, 0.2) is 22.7 Å². The van der Waals surface area contributed by atoms with Crippen LogP contribution in [-0.4, -0.2) is 31.1 Å². The molecule has 0 unspecified atom stereocenters. The molecule has 2 nitrogen and oxygen atoms in total. The SMILES string of the molecule is Cl.Fc1cc(Br)ccc1[C@H](C1CCCC1)N1CCNCC1. The molecular weight excluding hydrogens is 355 g/mol. The summed E-state index contributed by atoms with van der Waals surface area (Å²) in [5.41, 5.74) is 0.891. The van der Waals surface area contributed by atoms with Gasteiger partial charge in [0.05, 0.1) is 0 Å². The molecule has 1 aliphatic heterocycles. The predicted molar refractivity (Wildman–Crippen MR) is 90.5 cm³/mol. The molecule has 3 rings (SSSR count). The summed E-state index contributed by atoms with van der Waals surface area (Å²) in [4.78, 5) is 2.48. The van der Waals surface area contributed by atoms with Gasteiger partial charge in [0.1, 0.15) is 5.82 Å². The van der Waals surface area contributed by atoms with Gasteiger partial charge in [-0.05, 0) is 30.9 Å². The van der Waals surface area contributed by atoms with Crippen molar-refractivity contribution >= 4 is 28.3 Å². The Morgan fingerprint density at radius 2 is 1.86 bits per heavy atom. The van der Waals surface area contributed by atoms with E-state index in [4.69, 9.17) is 0 Å². The molecule has 5 heteroatoms. The number of halogens is 3. The zero-order chi connectivity index (χ0) is 13.9. The minimum atomic E-state index is -0.0604. The fourth-order valence-electron chi connectivity index (χ4n) is 3.72. The predicted octanol–water partition coefficient (Wildman–Crippen LogP) is 4.15. The second-order valence-electron chi connectivity index (χ2n) is 5.94. The van der Waals surface area contributed by atoms with Crippen LogP contribution in [0.5, 0.6) is 0 Å². The Morgan fingerprint density at radius 3 is 2.48 bits per heavy atom. The first kappa shape index (κ1) is 17.2. The van der Waals surface area contributed by atoms with Crippen molar-refractivity contribution in [3.63, 3.8) is 0 Å². The van der Waals surface area contributed by atoms with Crippen LogP contribution in [-0.2, 0) is 0 Å². The second-order valence-corrected chi connectivity index (χ2v) is 6.86. The number of nitrogens with zero attached hydrogens (tertiary/aromatic N) is 1. The van der Waals surface area contributed by atoms with Gasteiger partial charge in [0, 0.05) is 42.3 Å². The number of piperazine rings is 1. The summed E-state index contributed by atoms with van der Waals surface area (Å²) in [6.07, 6.45) is 5.07. The zero-order valence-corrected chi connectivity index (χ0v) is 14.6. The highest BCUT2D eigenvalue weighted by Gasteiger charge is 2.33. The third-order valence-electron chi connectivity index (χ3n) is 4.67. The molecule has 1 atom stereocenters. The van der Waals surface area contributed by atoms with Crippen molar-refractivity contribution in [1.29, 1.82) is 0 Å². The van der Waals surface area contributed by atoms with Crippen molar-refractivity contribution in [1.82, 2.24) is 10.2 Å². The fourth-order valence-corrected chi connectivity index (χ4v) is 4.06. The summed E-state index contributed by atoms with van der Waals surface area (Å²) in [5, 5.41) is 3.39. The van der Waals surface area contributed by atoms with Crippen LogP contribution in [0.1, 0.15) is 37.3 Å². The summed E-state index contributed by atoms with van der Waals surface area (Å²) >= 11 is 3.36. The Balaban J connectivity index is 0.00000161. The maximum atomic E-state index is 14.4. The Morgan fingerprint density at radius 1 is 1.19 bits per heavy atom. The van der Waals surface area contributed by atoms with E-state index in [1.807, 2.05) is 12.1 Å². The van der Waals surface area contributed by atoms with Gasteiger partial charge in [0.2, 0.25) is 0 Å². The Bertz CT molecular complexity index is 460. The normalized spacial score (nSPS) is 22.0. The van der Waals surface area contributed by atoms with Crippen LogP contribution in [0.4, 0.5) is 4.39 Å². The highest BCUT2D eigenvalue weighted by Crippen LogP contribution is 2.40. The van der Waals surface area contributed by atoms with Crippen LogP contribution in [0.2, 0.25) is 0 Å². The summed E-state index contributed by atoms with van der Waals surface area (Å²) in [6, 6.07) is 5.82. The van der Waals surface area contributed by atoms with Gasteiger partial charge in [-0.3, -0.25) is 4.90 Å². The Labute approximate surface area is 141 Å². The standard InChI is InChI=1S/C16H22BrFN2.ClH/c17-13-5-6-14(15(18)11-13)16(12-3-1-2-4-12)20-9-7-19-8-10-20;/h5-6,11-12,16,19H,1-4,7-10H2;1H/t16-;/m0./s1. The van der Waals surface area contributed by atoms with E-state index in [0.29, 0.717) is 5.92 Å². The molecule has 1 heterocycles. The monoisotopic (exact) mass is 376 g/mol. The van der Waals surface area contributed by atoms with Crippen LogP contribution >= 0.6 is 28.3 Å². The van der Waals surface area contributed by atoms with E-state index in [1.54, 1.807) is 6.07 Å². The van der Waals surface area contributed by atoms with Gasteiger partial charge < -0.3 is 5.32 Å². The van der Waals surface area contributed by atoms with Gasteiger partial charge in [0.15, 0.2) is 0 Å². The zero-order valence-electron chi connectivity index (χ0n) is 12.2. The van der Waals surface area contributed by atoms with Crippen LogP contribution in [0, 0.1) is 11.7 Å². The molecule has 0 aromatic heterocycles. The van der Waals surface area contributed by atoms with E-state index in [9.17, 15) is 4.39 Å². The van der Waals surface area contributed by atoms with E-state index >= 15 is 0 Å². The molecule has 1 aromatic rings. The molecule has 118 valence electrons. The van der Waals surface area contributed by atoms with E-state index < -0.39 is 0 Å². The van der Waals surface area contributed by atoms with Crippen LogP contribution in [0.25, 0.3) is 0 Å². The first-order chi connectivity index (χ1) is 9.75. The average Bonchev–Trinajstić information content (AvgIpc) is 2.97.